The molecule has 1 N–H and O–H groups in total. The highest BCUT2D eigenvalue weighted by atomic mass is 16.5. The van der Waals surface area contributed by atoms with E-state index in [1.165, 1.54) is 5.56 Å². The first-order valence-electron chi connectivity index (χ1n) is 16.4. The number of carbonyl (C=O) groups is 1. The molecule has 8 heteroatoms. The molecule has 3 rings (SSSR count). The molecule has 1 aromatic heterocycles. The molecule has 8 nitrogen and oxygen atoms in total. The number of carbonyl (C=O) groups excluding carboxylic acids is 1. The molecule has 0 atom stereocenters. The first-order chi connectivity index (χ1) is 21.3. The van der Waals surface area contributed by atoms with Crippen LogP contribution in [0.1, 0.15) is 88.8 Å². The van der Waals surface area contributed by atoms with Gasteiger partial charge in [-0.15, -0.1) is 0 Å². The third kappa shape index (κ3) is 10.1. The van der Waals surface area contributed by atoms with Crippen LogP contribution in [0.25, 0.3) is 22.5 Å². The van der Waals surface area contributed by atoms with Crippen LogP contribution in [-0.4, -0.2) is 62.5 Å². The van der Waals surface area contributed by atoms with Gasteiger partial charge in [-0.1, -0.05) is 70.0 Å². The second-order valence-electron chi connectivity index (χ2n) is 11.7. The van der Waals surface area contributed by atoms with Crippen LogP contribution in [0.2, 0.25) is 0 Å². The van der Waals surface area contributed by atoms with Crippen molar-refractivity contribution in [1.29, 1.82) is 0 Å². The Labute approximate surface area is 264 Å². The molecule has 1 heterocycles. The van der Waals surface area contributed by atoms with Gasteiger partial charge in [0.25, 0.3) is 5.91 Å². The molecule has 0 unspecified atom stereocenters. The number of rotatable bonds is 20. The number of hydrogen-bond acceptors (Lipinski definition) is 7. The van der Waals surface area contributed by atoms with Gasteiger partial charge in [-0.3, -0.25) is 9.69 Å². The van der Waals surface area contributed by atoms with E-state index in [9.17, 15) is 4.79 Å². The van der Waals surface area contributed by atoms with E-state index in [0.29, 0.717) is 49.4 Å². The van der Waals surface area contributed by atoms with Crippen LogP contribution in [0.3, 0.4) is 0 Å². The average Bonchev–Trinajstić information content (AvgIpc) is 3.44. The van der Waals surface area contributed by atoms with Gasteiger partial charge in [0.05, 0.1) is 30.9 Å². The quantitative estimate of drug-likeness (QED) is 0.131. The molecular formula is C36H53N3O5. The minimum Gasteiger partial charge on any atom is -0.493 e. The molecule has 3 aromatic rings. The van der Waals surface area contributed by atoms with Crippen LogP contribution in [0.5, 0.6) is 11.5 Å². The number of benzene rings is 2. The van der Waals surface area contributed by atoms with Crippen LogP contribution in [0.15, 0.2) is 40.9 Å². The van der Waals surface area contributed by atoms with E-state index in [-0.39, 0.29) is 11.6 Å². The van der Waals surface area contributed by atoms with Gasteiger partial charge in [0.1, 0.15) is 11.5 Å². The Morgan fingerprint density at radius 1 is 0.955 bits per heavy atom. The summed E-state index contributed by atoms with van der Waals surface area (Å²) in [5.41, 5.74) is 4.80. The predicted molar refractivity (Wildman–Crippen MR) is 178 cm³/mol. The van der Waals surface area contributed by atoms with Crippen LogP contribution in [0.4, 0.5) is 0 Å². The summed E-state index contributed by atoms with van der Waals surface area (Å²) < 4.78 is 24.2. The Hall–Kier alpha value is -3.36. The van der Waals surface area contributed by atoms with E-state index in [4.69, 9.17) is 18.7 Å². The predicted octanol–water partition coefficient (Wildman–Crippen LogP) is 7.78. The summed E-state index contributed by atoms with van der Waals surface area (Å²) in [6.45, 7) is 17.4. The fourth-order valence-corrected chi connectivity index (χ4v) is 4.96. The normalized spacial score (nSPS) is 11.4. The lowest BCUT2D eigenvalue weighted by atomic mass is 9.94. The SMILES string of the molecule is CCCCOc1cc(OCCCC)c(-c2onc(C(=O)NCC)c2-c2ccc(CN(C)CCOCC)cc2)cc1CC(C)C. The molecule has 0 saturated heterocycles. The van der Waals surface area contributed by atoms with Crippen molar-refractivity contribution in [3.8, 4) is 33.9 Å². The maximum absolute atomic E-state index is 13.2. The number of ether oxygens (including phenoxy) is 3. The molecule has 0 radical (unpaired) electrons. The van der Waals surface area contributed by atoms with E-state index in [2.05, 4.69) is 68.3 Å². The molecular weight excluding hydrogens is 554 g/mol. The minimum atomic E-state index is -0.271. The van der Waals surface area contributed by atoms with E-state index < -0.39 is 0 Å². The number of hydrogen-bond donors (Lipinski definition) is 1. The van der Waals surface area contributed by atoms with Gasteiger partial charge >= 0.3 is 0 Å². The Kier molecular flexibility index (Phi) is 14.7. The van der Waals surface area contributed by atoms with Crippen LogP contribution >= 0.6 is 0 Å². The summed E-state index contributed by atoms with van der Waals surface area (Å²) in [6, 6.07) is 12.4. The van der Waals surface area contributed by atoms with E-state index in [1.54, 1.807) is 0 Å². The molecule has 0 spiro atoms. The fourth-order valence-electron chi connectivity index (χ4n) is 4.96. The lowest BCUT2D eigenvalue weighted by Gasteiger charge is -2.19. The summed E-state index contributed by atoms with van der Waals surface area (Å²) in [7, 11) is 2.09. The zero-order chi connectivity index (χ0) is 31.9. The van der Waals surface area contributed by atoms with Crippen LogP contribution in [0, 0.1) is 5.92 Å². The van der Waals surface area contributed by atoms with Gasteiger partial charge < -0.3 is 24.1 Å². The van der Waals surface area contributed by atoms with E-state index in [1.807, 2.05) is 32.0 Å². The molecule has 0 aliphatic heterocycles. The number of aromatic nitrogens is 1. The summed E-state index contributed by atoms with van der Waals surface area (Å²) in [5.74, 6) is 2.18. The van der Waals surface area contributed by atoms with E-state index >= 15 is 0 Å². The van der Waals surface area contributed by atoms with Crippen molar-refractivity contribution < 1.29 is 23.5 Å². The van der Waals surface area contributed by atoms with Crippen LogP contribution < -0.4 is 14.8 Å². The molecule has 0 saturated carbocycles. The zero-order valence-electron chi connectivity index (χ0n) is 28.0. The Morgan fingerprint density at radius 2 is 1.64 bits per heavy atom. The van der Waals surface area contributed by atoms with Crippen LogP contribution in [-0.2, 0) is 17.7 Å². The van der Waals surface area contributed by atoms with Gasteiger partial charge in [0.2, 0.25) is 0 Å². The van der Waals surface area contributed by atoms with Crippen molar-refractivity contribution in [2.24, 2.45) is 5.92 Å². The van der Waals surface area contributed by atoms with Gasteiger partial charge in [-0.05, 0) is 68.8 Å². The number of unbranched alkanes of at least 4 members (excludes halogenated alkanes) is 2. The van der Waals surface area contributed by atoms with Crippen molar-refractivity contribution in [1.82, 2.24) is 15.4 Å². The third-order valence-electron chi connectivity index (χ3n) is 7.31. The number of likely N-dealkylation sites (N-methyl/N-ethyl adjacent to an activating group) is 1. The highest BCUT2D eigenvalue weighted by Gasteiger charge is 2.27. The highest BCUT2D eigenvalue weighted by Crippen LogP contribution is 2.43. The molecule has 44 heavy (non-hydrogen) atoms. The Bertz CT molecular complexity index is 1290. The average molecular weight is 608 g/mol. The Balaban J connectivity index is 2.12. The number of nitrogens with zero attached hydrogens (tertiary/aromatic N) is 2. The number of amides is 1. The first kappa shape index (κ1) is 35.1. The largest absolute Gasteiger partial charge is 0.493 e. The fraction of sp³-hybridized carbons (Fsp3) is 0.556. The molecule has 2 aromatic carbocycles. The molecule has 1 amide bonds. The van der Waals surface area contributed by atoms with Gasteiger partial charge in [-0.2, -0.15) is 0 Å². The maximum atomic E-state index is 13.2. The molecule has 0 aliphatic carbocycles. The second-order valence-corrected chi connectivity index (χ2v) is 11.7. The zero-order valence-corrected chi connectivity index (χ0v) is 28.0. The minimum absolute atomic E-state index is 0.261. The van der Waals surface area contributed by atoms with Crippen molar-refractivity contribution in [3.63, 3.8) is 0 Å². The lowest BCUT2D eigenvalue weighted by molar-refractivity contribution is 0.0947. The van der Waals surface area contributed by atoms with Gasteiger partial charge in [0.15, 0.2) is 11.5 Å². The smallest absolute Gasteiger partial charge is 0.274 e. The van der Waals surface area contributed by atoms with E-state index in [0.717, 1.165) is 74.2 Å². The highest BCUT2D eigenvalue weighted by molar-refractivity contribution is 6.02. The molecule has 0 fully saturated rings. The molecule has 0 aliphatic rings. The van der Waals surface area contributed by atoms with Gasteiger partial charge in [-0.25, -0.2) is 0 Å². The Morgan fingerprint density at radius 3 is 2.25 bits per heavy atom. The third-order valence-corrected chi connectivity index (χ3v) is 7.31. The van der Waals surface area contributed by atoms with Crippen molar-refractivity contribution in [3.05, 3.63) is 53.2 Å². The standard InChI is InChI=1S/C36H53N3O5/c1-8-12-19-42-31-24-32(43-20-13-9-2)30(23-29(31)22-26(5)6)35-33(34(38-44-35)36(40)37-10-3)28-16-14-27(15-17-28)25-39(7)18-21-41-11-4/h14-17,23-24,26H,8-13,18-22,25H2,1-7H3,(H,37,40). The first-order valence-corrected chi connectivity index (χ1v) is 16.4. The van der Waals surface area contributed by atoms with Crippen molar-refractivity contribution >= 4 is 5.91 Å². The van der Waals surface area contributed by atoms with Gasteiger partial charge in [0, 0.05) is 32.3 Å². The topological polar surface area (TPSA) is 86.1 Å². The van der Waals surface area contributed by atoms with Crippen molar-refractivity contribution in [2.75, 3.05) is 46.6 Å². The monoisotopic (exact) mass is 607 g/mol. The number of nitrogens with one attached hydrogen (secondary N) is 1. The summed E-state index contributed by atoms with van der Waals surface area (Å²) in [6.07, 6.45) is 4.82. The maximum Gasteiger partial charge on any atom is 0.274 e. The lowest BCUT2D eigenvalue weighted by Crippen LogP contribution is -2.23. The van der Waals surface area contributed by atoms with Crippen molar-refractivity contribution in [2.45, 2.75) is 80.2 Å². The second kappa shape index (κ2) is 18.4. The summed E-state index contributed by atoms with van der Waals surface area (Å²) >= 11 is 0. The summed E-state index contributed by atoms with van der Waals surface area (Å²) in [5, 5.41) is 7.21. The molecule has 0 bridgehead atoms. The molecule has 242 valence electrons. The summed E-state index contributed by atoms with van der Waals surface area (Å²) in [4.78, 5) is 15.5.